The molecule has 1 aromatic carbocycles. The van der Waals surface area contributed by atoms with Crippen molar-refractivity contribution in [3.05, 3.63) is 30.3 Å². The molecule has 0 atom stereocenters. The topological polar surface area (TPSA) is 39.7 Å². The van der Waals surface area contributed by atoms with Crippen LogP contribution in [0.3, 0.4) is 0 Å². The Kier molecular flexibility index (Phi) is 5.98. The molecule has 1 aromatic rings. The van der Waals surface area contributed by atoms with Gasteiger partial charge in [0.15, 0.2) is 5.96 Å². The zero-order valence-corrected chi connectivity index (χ0v) is 15.8. The van der Waals surface area contributed by atoms with E-state index < -0.39 is 0 Å². The van der Waals surface area contributed by atoms with E-state index in [4.69, 9.17) is 0 Å². The number of nitrogens with one attached hydrogen (secondary N) is 2. The molecule has 0 radical (unpaired) electrons. The number of thioether (sulfide) groups is 1. The second-order valence-electron chi connectivity index (χ2n) is 7.08. The second kappa shape index (κ2) is 7.58. The fourth-order valence-electron chi connectivity index (χ4n) is 2.12. The Morgan fingerprint density at radius 2 is 1.87 bits per heavy atom. The molecule has 0 saturated heterocycles. The quantitative estimate of drug-likeness (QED) is 0.594. The average molecular weight is 335 g/mol. The highest BCUT2D eigenvalue weighted by Gasteiger charge is 2.43. The number of hydrogen-bond donors (Lipinski definition) is 2. The van der Waals surface area contributed by atoms with Crippen LogP contribution in [-0.2, 0) is 0 Å². The molecule has 0 spiro atoms. The van der Waals surface area contributed by atoms with Gasteiger partial charge in [-0.1, -0.05) is 18.2 Å². The highest BCUT2D eigenvalue weighted by molar-refractivity contribution is 8.01. The molecule has 0 bridgehead atoms. The van der Waals surface area contributed by atoms with Crippen LogP contribution in [0.2, 0.25) is 0 Å². The summed E-state index contributed by atoms with van der Waals surface area (Å²) in [6.45, 7) is 6.26. The number of hydrogen-bond acceptors (Lipinski definition) is 3. The van der Waals surface area contributed by atoms with E-state index in [1.165, 1.54) is 17.7 Å². The maximum Gasteiger partial charge on any atom is 0.191 e. The minimum absolute atomic E-state index is 0.0909. The molecule has 5 heteroatoms. The largest absolute Gasteiger partial charge is 0.355 e. The van der Waals surface area contributed by atoms with Crippen LogP contribution >= 0.6 is 11.8 Å². The summed E-state index contributed by atoms with van der Waals surface area (Å²) in [6, 6.07) is 10.7. The van der Waals surface area contributed by atoms with E-state index in [9.17, 15) is 0 Å². The zero-order valence-electron chi connectivity index (χ0n) is 15.0. The van der Waals surface area contributed by atoms with Gasteiger partial charge in [0.2, 0.25) is 0 Å². The predicted octanol–water partition coefficient (Wildman–Crippen LogP) is 2.82. The standard InChI is InChI=1S/C18H30N4S/c1-17(2,22(4)5)13-20-16(19-3)21-14-18(11-12-18)23-15-9-7-6-8-10-15/h6-10H,11-14H2,1-5H3,(H2,19,20,21). The molecule has 0 unspecified atom stereocenters. The summed E-state index contributed by atoms with van der Waals surface area (Å²) in [4.78, 5) is 7.93. The van der Waals surface area contributed by atoms with Gasteiger partial charge in [0.1, 0.15) is 0 Å². The highest BCUT2D eigenvalue weighted by atomic mass is 32.2. The van der Waals surface area contributed by atoms with Gasteiger partial charge in [-0.3, -0.25) is 4.99 Å². The summed E-state index contributed by atoms with van der Waals surface area (Å²) in [7, 11) is 6.04. The zero-order chi connectivity index (χ0) is 16.9. The van der Waals surface area contributed by atoms with Crippen molar-refractivity contribution < 1.29 is 0 Å². The molecule has 0 heterocycles. The third-order valence-electron chi connectivity index (χ3n) is 4.59. The van der Waals surface area contributed by atoms with Gasteiger partial charge in [-0.15, -0.1) is 11.8 Å². The number of nitrogens with zero attached hydrogens (tertiary/aromatic N) is 2. The van der Waals surface area contributed by atoms with Crippen LogP contribution in [0.1, 0.15) is 26.7 Å². The van der Waals surface area contributed by atoms with Gasteiger partial charge in [-0.2, -0.15) is 0 Å². The summed E-state index contributed by atoms with van der Waals surface area (Å²) in [6.07, 6.45) is 2.53. The lowest BCUT2D eigenvalue weighted by Gasteiger charge is -2.33. The van der Waals surface area contributed by atoms with E-state index in [0.717, 1.165) is 19.0 Å². The molecule has 0 amide bonds. The molecule has 1 fully saturated rings. The maximum atomic E-state index is 4.35. The summed E-state index contributed by atoms with van der Waals surface area (Å²) in [5.41, 5.74) is 0.0909. The molecule has 1 aliphatic rings. The minimum atomic E-state index is 0.0909. The van der Waals surface area contributed by atoms with Crippen LogP contribution in [0.4, 0.5) is 0 Å². The van der Waals surface area contributed by atoms with Crippen LogP contribution in [0.5, 0.6) is 0 Å². The molecule has 4 nitrogen and oxygen atoms in total. The number of benzene rings is 1. The fourth-order valence-corrected chi connectivity index (χ4v) is 3.36. The second-order valence-corrected chi connectivity index (χ2v) is 8.63. The van der Waals surface area contributed by atoms with Gasteiger partial charge < -0.3 is 15.5 Å². The van der Waals surface area contributed by atoms with Crippen molar-refractivity contribution in [1.82, 2.24) is 15.5 Å². The minimum Gasteiger partial charge on any atom is -0.355 e. The molecule has 0 aliphatic heterocycles. The van der Waals surface area contributed by atoms with E-state index in [2.05, 4.69) is 78.8 Å². The normalized spacial score (nSPS) is 17.2. The van der Waals surface area contributed by atoms with E-state index >= 15 is 0 Å². The number of aliphatic imine (C=N–C) groups is 1. The van der Waals surface area contributed by atoms with E-state index in [0.29, 0.717) is 4.75 Å². The van der Waals surface area contributed by atoms with E-state index in [1.54, 1.807) is 0 Å². The lowest BCUT2D eigenvalue weighted by molar-refractivity contribution is 0.197. The van der Waals surface area contributed by atoms with Gasteiger partial charge in [-0.25, -0.2) is 0 Å². The molecule has 23 heavy (non-hydrogen) atoms. The Morgan fingerprint density at radius 1 is 1.22 bits per heavy atom. The molecule has 1 aliphatic carbocycles. The van der Waals surface area contributed by atoms with Crippen LogP contribution in [0.15, 0.2) is 40.2 Å². The molecular formula is C18H30N4S. The summed E-state index contributed by atoms with van der Waals surface area (Å²) in [5, 5.41) is 6.95. The van der Waals surface area contributed by atoms with Crippen LogP contribution in [0, 0.1) is 0 Å². The van der Waals surface area contributed by atoms with Crippen LogP contribution < -0.4 is 10.6 Å². The van der Waals surface area contributed by atoms with E-state index in [1.807, 2.05) is 18.8 Å². The van der Waals surface area contributed by atoms with E-state index in [-0.39, 0.29) is 5.54 Å². The van der Waals surface area contributed by atoms with Crippen LogP contribution in [-0.4, -0.2) is 55.4 Å². The molecular weight excluding hydrogens is 304 g/mol. The monoisotopic (exact) mass is 334 g/mol. The van der Waals surface area contributed by atoms with Crippen LogP contribution in [0.25, 0.3) is 0 Å². The lowest BCUT2D eigenvalue weighted by atomic mass is 10.0. The summed E-state index contributed by atoms with van der Waals surface area (Å²) < 4.78 is 0.329. The first-order valence-corrected chi connectivity index (χ1v) is 9.05. The lowest BCUT2D eigenvalue weighted by Crippen LogP contribution is -2.51. The molecule has 1 saturated carbocycles. The molecule has 128 valence electrons. The van der Waals surface area contributed by atoms with Gasteiger partial charge in [0, 0.05) is 35.3 Å². The van der Waals surface area contributed by atoms with Crippen molar-refractivity contribution in [1.29, 1.82) is 0 Å². The molecule has 2 rings (SSSR count). The number of rotatable bonds is 7. The summed E-state index contributed by atoms with van der Waals surface area (Å²) >= 11 is 1.98. The third kappa shape index (κ3) is 5.43. The smallest absolute Gasteiger partial charge is 0.191 e. The van der Waals surface area contributed by atoms with Gasteiger partial charge in [0.25, 0.3) is 0 Å². The number of likely N-dealkylation sites (N-methyl/N-ethyl adjacent to an activating group) is 1. The first kappa shape index (κ1) is 18.1. The predicted molar refractivity (Wildman–Crippen MR) is 101 cm³/mol. The Balaban J connectivity index is 1.82. The van der Waals surface area contributed by atoms with Gasteiger partial charge in [-0.05, 0) is 52.9 Å². The molecule has 2 N–H and O–H groups in total. The number of guanidine groups is 1. The SMILES string of the molecule is CN=C(NCC1(Sc2ccccc2)CC1)NCC(C)(C)N(C)C. The first-order valence-electron chi connectivity index (χ1n) is 8.23. The third-order valence-corrected chi connectivity index (χ3v) is 6.08. The van der Waals surface area contributed by atoms with Gasteiger partial charge in [0.05, 0.1) is 0 Å². The van der Waals surface area contributed by atoms with Crippen molar-refractivity contribution in [2.75, 3.05) is 34.2 Å². The summed E-state index contributed by atoms with van der Waals surface area (Å²) in [5.74, 6) is 0.889. The first-order chi connectivity index (χ1) is 10.9. The Morgan fingerprint density at radius 3 is 2.39 bits per heavy atom. The van der Waals surface area contributed by atoms with Crippen molar-refractivity contribution >= 4 is 17.7 Å². The van der Waals surface area contributed by atoms with Crippen molar-refractivity contribution in [2.45, 2.75) is 41.9 Å². The Bertz CT molecular complexity index is 521. The molecule has 0 aromatic heterocycles. The Labute approximate surface area is 145 Å². The Hall–Kier alpha value is -1.20. The van der Waals surface area contributed by atoms with Crippen molar-refractivity contribution in [3.63, 3.8) is 0 Å². The van der Waals surface area contributed by atoms with Crippen molar-refractivity contribution in [2.24, 2.45) is 4.99 Å². The maximum absolute atomic E-state index is 4.35. The average Bonchev–Trinajstić information content (AvgIpc) is 3.28. The highest BCUT2D eigenvalue weighted by Crippen LogP contribution is 2.51. The van der Waals surface area contributed by atoms with Gasteiger partial charge >= 0.3 is 0 Å². The fraction of sp³-hybridized carbons (Fsp3) is 0.611. The van der Waals surface area contributed by atoms with Crippen molar-refractivity contribution in [3.8, 4) is 0 Å².